The molecule has 0 saturated heterocycles. The highest BCUT2D eigenvalue weighted by Gasteiger charge is 2.34. The van der Waals surface area contributed by atoms with Gasteiger partial charge in [-0.2, -0.15) is 0 Å². The SMILES string of the molecule is CC(C)CC#Cc1cnc2c(c1)C(=O)N([C@H](C)CO)C[C@H](C)[C@H](CN(C)C(=O)c1cccnc1)O2. The van der Waals surface area contributed by atoms with Crippen LogP contribution in [0.25, 0.3) is 0 Å². The lowest BCUT2D eigenvalue weighted by Gasteiger charge is -2.37. The molecule has 3 atom stereocenters. The van der Waals surface area contributed by atoms with Crippen LogP contribution in [-0.2, 0) is 0 Å². The molecule has 0 unspecified atom stereocenters. The first-order chi connectivity index (χ1) is 16.7. The molecular weight excluding hydrogens is 444 g/mol. The molecule has 1 aliphatic rings. The molecule has 35 heavy (non-hydrogen) atoms. The highest BCUT2D eigenvalue weighted by molar-refractivity contribution is 5.97. The van der Waals surface area contributed by atoms with E-state index < -0.39 is 6.10 Å². The third kappa shape index (κ3) is 6.58. The van der Waals surface area contributed by atoms with Crippen LogP contribution in [0.5, 0.6) is 5.88 Å². The van der Waals surface area contributed by atoms with Crippen molar-refractivity contribution in [1.82, 2.24) is 19.8 Å². The number of ether oxygens (including phenoxy) is 1. The van der Waals surface area contributed by atoms with Crippen LogP contribution in [0.4, 0.5) is 0 Å². The summed E-state index contributed by atoms with van der Waals surface area (Å²) in [5.74, 6) is 6.30. The Hall–Kier alpha value is -3.44. The zero-order valence-electron chi connectivity index (χ0n) is 21.1. The fourth-order valence-electron chi connectivity index (χ4n) is 3.81. The molecular formula is C27H34N4O4. The van der Waals surface area contributed by atoms with Crippen molar-refractivity contribution in [1.29, 1.82) is 0 Å². The fourth-order valence-corrected chi connectivity index (χ4v) is 3.81. The number of carbonyl (C=O) groups is 2. The van der Waals surface area contributed by atoms with Crippen LogP contribution < -0.4 is 4.74 Å². The molecule has 0 aliphatic carbocycles. The van der Waals surface area contributed by atoms with Gasteiger partial charge < -0.3 is 19.6 Å². The average Bonchev–Trinajstić information content (AvgIpc) is 2.85. The molecule has 0 aromatic carbocycles. The van der Waals surface area contributed by atoms with Gasteiger partial charge in [-0.25, -0.2) is 4.98 Å². The van der Waals surface area contributed by atoms with Crippen LogP contribution >= 0.6 is 0 Å². The van der Waals surface area contributed by atoms with Crippen LogP contribution in [0.2, 0.25) is 0 Å². The summed E-state index contributed by atoms with van der Waals surface area (Å²) in [5, 5.41) is 9.81. The molecule has 186 valence electrons. The molecule has 0 spiro atoms. The number of aliphatic hydroxyl groups excluding tert-OH is 1. The van der Waals surface area contributed by atoms with E-state index in [0.717, 1.165) is 6.42 Å². The smallest absolute Gasteiger partial charge is 0.259 e. The number of aromatic nitrogens is 2. The second-order valence-electron chi connectivity index (χ2n) is 9.53. The predicted molar refractivity (Wildman–Crippen MR) is 133 cm³/mol. The second kappa shape index (κ2) is 11.8. The van der Waals surface area contributed by atoms with Crippen LogP contribution in [0.1, 0.15) is 60.4 Å². The Balaban J connectivity index is 1.93. The van der Waals surface area contributed by atoms with E-state index in [1.807, 2.05) is 6.92 Å². The number of aliphatic hydroxyl groups is 1. The topological polar surface area (TPSA) is 95.9 Å². The molecule has 3 heterocycles. The Morgan fingerprint density at radius 2 is 2.11 bits per heavy atom. The van der Waals surface area contributed by atoms with E-state index >= 15 is 0 Å². The van der Waals surface area contributed by atoms with E-state index in [4.69, 9.17) is 4.74 Å². The number of amides is 2. The minimum absolute atomic E-state index is 0.127. The minimum atomic E-state index is -0.425. The van der Waals surface area contributed by atoms with Crippen LogP contribution in [0, 0.1) is 23.7 Å². The molecule has 8 heteroatoms. The monoisotopic (exact) mass is 478 g/mol. The first-order valence-corrected chi connectivity index (χ1v) is 11.9. The van der Waals surface area contributed by atoms with Crippen molar-refractivity contribution in [2.24, 2.45) is 11.8 Å². The Morgan fingerprint density at radius 3 is 2.77 bits per heavy atom. The summed E-state index contributed by atoms with van der Waals surface area (Å²) < 4.78 is 6.26. The first-order valence-electron chi connectivity index (χ1n) is 11.9. The van der Waals surface area contributed by atoms with E-state index in [1.165, 1.54) is 6.20 Å². The summed E-state index contributed by atoms with van der Waals surface area (Å²) in [7, 11) is 1.71. The molecule has 0 bridgehead atoms. The van der Waals surface area contributed by atoms with Crippen molar-refractivity contribution in [2.75, 3.05) is 26.7 Å². The van der Waals surface area contributed by atoms with Gasteiger partial charge >= 0.3 is 0 Å². The van der Waals surface area contributed by atoms with E-state index in [9.17, 15) is 14.7 Å². The molecule has 2 aromatic heterocycles. The lowest BCUT2D eigenvalue weighted by atomic mass is 9.99. The van der Waals surface area contributed by atoms with E-state index in [-0.39, 0.29) is 36.3 Å². The molecule has 3 rings (SSSR count). The Kier molecular flexibility index (Phi) is 8.83. The highest BCUT2D eigenvalue weighted by Crippen LogP contribution is 2.27. The molecule has 0 fully saturated rings. The van der Waals surface area contributed by atoms with Gasteiger partial charge in [0.2, 0.25) is 5.88 Å². The predicted octanol–water partition coefficient (Wildman–Crippen LogP) is 2.87. The van der Waals surface area contributed by atoms with Crippen LogP contribution in [-0.4, -0.2) is 75.6 Å². The van der Waals surface area contributed by atoms with Gasteiger partial charge in [0.25, 0.3) is 11.8 Å². The maximum Gasteiger partial charge on any atom is 0.259 e. The van der Waals surface area contributed by atoms with Gasteiger partial charge in [-0.05, 0) is 31.0 Å². The lowest BCUT2D eigenvalue weighted by molar-refractivity contribution is 0.0313. The van der Waals surface area contributed by atoms with Crippen molar-refractivity contribution in [3.05, 3.63) is 53.5 Å². The number of fused-ring (bicyclic) bond motifs is 1. The summed E-state index contributed by atoms with van der Waals surface area (Å²) >= 11 is 0. The summed E-state index contributed by atoms with van der Waals surface area (Å²) in [6, 6.07) is 4.75. The number of rotatable bonds is 6. The number of nitrogens with zero attached hydrogens (tertiary/aromatic N) is 4. The van der Waals surface area contributed by atoms with Gasteiger partial charge in [0, 0.05) is 50.1 Å². The zero-order valence-corrected chi connectivity index (χ0v) is 21.1. The van der Waals surface area contributed by atoms with Crippen molar-refractivity contribution >= 4 is 11.8 Å². The molecule has 2 amide bonds. The summed E-state index contributed by atoms with van der Waals surface area (Å²) in [4.78, 5) is 38.1. The molecule has 1 N–H and O–H groups in total. The zero-order chi connectivity index (χ0) is 25.5. The Morgan fingerprint density at radius 1 is 1.34 bits per heavy atom. The minimum Gasteiger partial charge on any atom is -0.472 e. The number of hydrogen-bond acceptors (Lipinski definition) is 6. The first kappa shape index (κ1) is 26.2. The third-order valence-corrected chi connectivity index (χ3v) is 5.97. The summed E-state index contributed by atoms with van der Waals surface area (Å²) in [6.07, 6.45) is 5.07. The third-order valence-electron chi connectivity index (χ3n) is 5.97. The maximum atomic E-state index is 13.5. The molecule has 2 aromatic rings. The standard InChI is InChI=1S/C27H34N4O4/c1-18(2)8-6-9-21-12-23-25(29-13-21)35-24(19(3)15-31(27(23)34)20(4)17-32)16-30(5)26(33)22-10-7-11-28-14-22/h7,10-14,18-20,24,32H,8,15-17H2,1-5H3/t19-,20+,24-/m0/s1. The number of pyridine rings is 2. The van der Waals surface area contributed by atoms with Gasteiger partial charge in [0.1, 0.15) is 11.7 Å². The van der Waals surface area contributed by atoms with Crippen molar-refractivity contribution < 1.29 is 19.4 Å². The maximum absolute atomic E-state index is 13.5. The van der Waals surface area contributed by atoms with Gasteiger partial charge in [-0.1, -0.05) is 32.6 Å². The molecule has 0 radical (unpaired) electrons. The molecule has 1 aliphatic heterocycles. The van der Waals surface area contributed by atoms with E-state index in [1.54, 1.807) is 54.4 Å². The Bertz CT molecular complexity index is 1090. The van der Waals surface area contributed by atoms with Crippen molar-refractivity contribution in [3.8, 4) is 17.7 Å². The number of carbonyl (C=O) groups excluding carboxylic acids is 2. The van der Waals surface area contributed by atoms with Crippen molar-refractivity contribution in [3.63, 3.8) is 0 Å². The van der Waals surface area contributed by atoms with Gasteiger partial charge in [0.15, 0.2) is 0 Å². The van der Waals surface area contributed by atoms with Crippen molar-refractivity contribution in [2.45, 2.75) is 46.3 Å². The van der Waals surface area contributed by atoms with Crippen LogP contribution in [0.15, 0.2) is 36.8 Å². The molecule has 0 saturated carbocycles. The summed E-state index contributed by atoms with van der Waals surface area (Å²) in [6.45, 7) is 8.45. The van der Waals surface area contributed by atoms with Gasteiger partial charge in [-0.3, -0.25) is 14.6 Å². The Labute approximate surface area is 207 Å². The van der Waals surface area contributed by atoms with E-state index in [2.05, 4.69) is 35.7 Å². The quantitative estimate of drug-likeness (QED) is 0.642. The average molecular weight is 479 g/mol. The summed E-state index contributed by atoms with van der Waals surface area (Å²) in [5.41, 5.74) is 1.43. The second-order valence-corrected chi connectivity index (χ2v) is 9.53. The highest BCUT2D eigenvalue weighted by atomic mass is 16.5. The normalized spacial score (nSPS) is 18.5. The number of likely N-dealkylation sites (N-methyl/N-ethyl adjacent to an activating group) is 1. The van der Waals surface area contributed by atoms with E-state index in [0.29, 0.717) is 35.7 Å². The molecule has 8 nitrogen and oxygen atoms in total. The van der Waals surface area contributed by atoms with Crippen LogP contribution in [0.3, 0.4) is 0 Å². The largest absolute Gasteiger partial charge is 0.472 e. The lowest BCUT2D eigenvalue weighted by Crippen LogP contribution is -2.50. The van der Waals surface area contributed by atoms with Gasteiger partial charge in [-0.15, -0.1) is 0 Å². The fraction of sp³-hybridized carbons (Fsp3) is 0.481. The number of hydrogen-bond donors (Lipinski definition) is 1. The van der Waals surface area contributed by atoms with Gasteiger partial charge in [0.05, 0.1) is 24.8 Å².